The summed E-state index contributed by atoms with van der Waals surface area (Å²) in [5.41, 5.74) is -4.74. The summed E-state index contributed by atoms with van der Waals surface area (Å²) in [6, 6.07) is 3.58. The first kappa shape index (κ1) is 31.7. The summed E-state index contributed by atoms with van der Waals surface area (Å²) in [7, 11) is -7.47. The second kappa shape index (κ2) is 12.3. The van der Waals surface area contributed by atoms with Crippen molar-refractivity contribution in [1.29, 1.82) is 0 Å². The first-order valence-corrected chi connectivity index (χ1v) is 19.4. The van der Waals surface area contributed by atoms with E-state index in [0.29, 0.717) is 38.7 Å². The molecule has 2 atom stereocenters. The predicted octanol–water partition coefficient (Wildman–Crippen LogP) is 4.76. The zero-order valence-electron chi connectivity index (χ0n) is 24.6. The first-order chi connectivity index (χ1) is 20.2. The van der Waals surface area contributed by atoms with Crippen molar-refractivity contribution in [3.05, 3.63) is 18.3 Å². The maximum absolute atomic E-state index is 13.6. The van der Waals surface area contributed by atoms with E-state index in [1.54, 1.807) is 16.9 Å². The number of pyridine rings is 1. The van der Waals surface area contributed by atoms with E-state index in [1.165, 1.54) is 10.7 Å². The lowest BCUT2D eigenvalue weighted by atomic mass is 10.1. The summed E-state index contributed by atoms with van der Waals surface area (Å²) >= 11 is 0. The molecule has 5 heterocycles. The number of morpholine rings is 1. The maximum Gasteiger partial charge on any atom is 0.534 e. The minimum Gasteiger partial charge on any atom is -0.377 e. The quantitative estimate of drug-likeness (QED) is 0.132. The van der Waals surface area contributed by atoms with Gasteiger partial charge in [-0.1, -0.05) is 19.6 Å². The van der Waals surface area contributed by atoms with Crippen LogP contribution < -0.4 is 9.08 Å². The van der Waals surface area contributed by atoms with Crippen LogP contribution in [0.3, 0.4) is 0 Å². The summed E-state index contributed by atoms with van der Waals surface area (Å²) in [6.07, 6.45) is 3.80. The molecule has 1 unspecified atom stereocenters. The number of alkyl halides is 3. The normalized spacial score (nSPS) is 20.6. The van der Waals surface area contributed by atoms with Crippen LogP contribution in [0.25, 0.3) is 22.4 Å². The summed E-state index contributed by atoms with van der Waals surface area (Å²) in [5, 5.41) is 9.16. The van der Waals surface area contributed by atoms with E-state index in [0.717, 1.165) is 25.3 Å². The van der Waals surface area contributed by atoms with Gasteiger partial charge in [0.25, 0.3) is 0 Å². The number of aromatic nitrogens is 5. The minimum atomic E-state index is -6.02. The first-order valence-electron chi connectivity index (χ1n) is 14.2. The van der Waals surface area contributed by atoms with Gasteiger partial charge in [-0.05, 0) is 38.3 Å². The van der Waals surface area contributed by atoms with Gasteiger partial charge in [-0.2, -0.15) is 31.8 Å². The molecule has 0 aliphatic carbocycles. The molecule has 2 saturated heterocycles. The van der Waals surface area contributed by atoms with E-state index in [2.05, 4.69) is 24.7 Å². The number of halogens is 3. The van der Waals surface area contributed by atoms with Crippen LogP contribution in [-0.2, 0) is 31.1 Å². The van der Waals surface area contributed by atoms with Gasteiger partial charge < -0.3 is 23.3 Å². The fourth-order valence-electron chi connectivity index (χ4n) is 5.02. The van der Waals surface area contributed by atoms with E-state index in [4.69, 9.17) is 28.5 Å². The van der Waals surface area contributed by atoms with Crippen LogP contribution >= 0.6 is 0 Å². The highest BCUT2D eigenvalue weighted by molar-refractivity contribution is 7.88. The highest BCUT2D eigenvalue weighted by Gasteiger charge is 2.49. The summed E-state index contributed by atoms with van der Waals surface area (Å²) in [5.74, 6) is -0.320. The number of ether oxygens (including phenoxy) is 3. The lowest BCUT2D eigenvalue weighted by Crippen LogP contribution is -2.44. The van der Waals surface area contributed by atoms with Crippen molar-refractivity contribution in [3.8, 4) is 17.1 Å². The summed E-state index contributed by atoms with van der Waals surface area (Å²) in [6.45, 7) is 10.4. The van der Waals surface area contributed by atoms with Crippen LogP contribution in [-0.4, -0.2) is 85.6 Å². The molecule has 0 amide bonds. The fraction of sp³-hybridized carbons (Fsp3) is 0.654. The Morgan fingerprint density at radius 3 is 2.65 bits per heavy atom. The molecule has 2 aliphatic rings. The van der Waals surface area contributed by atoms with E-state index in [9.17, 15) is 21.6 Å². The zero-order valence-corrected chi connectivity index (χ0v) is 26.4. The molecule has 17 heteroatoms. The number of hydrogen-bond acceptors (Lipinski definition) is 10. The van der Waals surface area contributed by atoms with Gasteiger partial charge in [0.2, 0.25) is 0 Å². The highest BCUT2D eigenvalue weighted by Crippen LogP contribution is 2.39. The van der Waals surface area contributed by atoms with Crippen LogP contribution in [0.15, 0.2) is 18.3 Å². The van der Waals surface area contributed by atoms with Gasteiger partial charge in [0.15, 0.2) is 12.0 Å². The van der Waals surface area contributed by atoms with Gasteiger partial charge in [-0.15, -0.1) is 0 Å². The lowest BCUT2D eigenvalue weighted by Gasteiger charge is -2.34. The Morgan fingerprint density at radius 1 is 1.19 bits per heavy atom. The smallest absolute Gasteiger partial charge is 0.377 e. The molecular formula is C26H37F3N6O6SSi. The maximum atomic E-state index is 13.6. The van der Waals surface area contributed by atoms with E-state index in [1.807, 2.05) is 11.8 Å². The van der Waals surface area contributed by atoms with Crippen molar-refractivity contribution in [3.63, 3.8) is 0 Å². The molecule has 43 heavy (non-hydrogen) atoms. The third kappa shape index (κ3) is 7.00. The molecular weight excluding hydrogens is 609 g/mol. The Morgan fingerprint density at radius 2 is 1.98 bits per heavy atom. The topological polar surface area (TPSA) is 123 Å². The van der Waals surface area contributed by atoms with Gasteiger partial charge in [0, 0.05) is 40.1 Å². The molecule has 3 aromatic heterocycles. The Labute approximate surface area is 249 Å². The lowest BCUT2D eigenvalue weighted by molar-refractivity contribution is -0.0499. The molecule has 12 nitrogen and oxygen atoms in total. The van der Waals surface area contributed by atoms with Crippen molar-refractivity contribution in [2.45, 2.75) is 76.4 Å². The second-order valence-corrected chi connectivity index (χ2v) is 19.1. The van der Waals surface area contributed by atoms with Gasteiger partial charge >= 0.3 is 15.6 Å². The van der Waals surface area contributed by atoms with Crippen molar-refractivity contribution in [2.75, 3.05) is 37.9 Å². The number of nitrogens with zero attached hydrogens (tertiary/aromatic N) is 6. The largest absolute Gasteiger partial charge is 0.534 e. The third-order valence-electron chi connectivity index (χ3n) is 7.34. The van der Waals surface area contributed by atoms with E-state index >= 15 is 0 Å². The SMILES string of the molecule is C[C@@H]1COCCN1c1cc(OS(=O)(=O)C(F)(F)F)c2c(n1)c(-c1ccnn1C1CCCCO1)nn2COCC[Si](C)(C)C. The molecule has 5 rings (SSSR count). The average Bonchev–Trinajstić information content (AvgIpc) is 3.55. The number of anilines is 1. The van der Waals surface area contributed by atoms with Crippen LogP contribution in [0, 0.1) is 0 Å². The van der Waals surface area contributed by atoms with Crippen molar-refractivity contribution in [2.24, 2.45) is 0 Å². The third-order valence-corrected chi connectivity index (χ3v) is 10.0. The zero-order chi connectivity index (χ0) is 31.0. The van der Waals surface area contributed by atoms with E-state index in [-0.39, 0.29) is 41.5 Å². The molecule has 0 bridgehead atoms. The van der Waals surface area contributed by atoms with Gasteiger partial charge in [-0.3, -0.25) is 0 Å². The number of hydrogen-bond donors (Lipinski definition) is 0. The standard InChI is InChI=1S/C26H37F3N6O6SSi/c1-18-16-38-12-10-33(18)21-15-20(41-42(36,37)26(27,28)29)25-24(31-21)23(32-34(25)17-39-13-14-43(2,3)4)19-8-9-30-35(19)22-7-5-6-11-40-22/h8-9,15,18,22H,5-7,10-14,16-17H2,1-4H3/t18-,22?/m1/s1. The number of fused-ring (bicyclic) bond motifs is 1. The fourth-order valence-corrected chi connectivity index (χ4v) is 6.24. The Hall–Kier alpha value is -2.73. The van der Waals surface area contributed by atoms with Crippen molar-refractivity contribution >= 4 is 35.0 Å². The van der Waals surface area contributed by atoms with Crippen molar-refractivity contribution < 1.29 is 40.0 Å². The molecule has 0 radical (unpaired) electrons. The highest BCUT2D eigenvalue weighted by atomic mass is 32.2. The van der Waals surface area contributed by atoms with E-state index < -0.39 is 29.4 Å². The molecule has 0 aromatic carbocycles. The molecule has 0 saturated carbocycles. The van der Waals surface area contributed by atoms with Crippen LogP contribution in [0.5, 0.6) is 5.75 Å². The average molecular weight is 647 g/mol. The van der Waals surface area contributed by atoms with Crippen LogP contribution in [0.1, 0.15) is 32.4 Å². The molecule has 2 aliphatic heterocycles. The van der Waals surface area contributed by atoms with Gasteiger partial charge in [0.1, 0.15) is 29.3 Å². The molecule has 0 N–H and O–H groups in total. The molecule has 238 valence electrons. The minimum absolute atomic E-state index is 0.0437. The Bertz CT molecular complexity index is 1530. The second-order valence-electron chi connectivity index (χ2n) is 12.0. The van der Waals surface area contributed by atoms with Gasteiger partial charge in [-0.25, -0.2) is 14.3 Å². The molecule has 0 spiro atoms. The Kier molecular flexibility index (Phi) is 9.09. The van der Waals surface area contributed by atoms with Crippen molar-refractivity contribution in [1.82, 2.24) is 24.5 Å². The van der Waals surface area contributed by atoms with Crippen LogP contribution in [0.4, 0.5) is 19.0 Å². The summed E-state index contributed by atoms with van der Waals surface area (Å²) in [4.78, 5) is 6.67. The van der Waals surface area contributed by atoms with Crippen LogP contribution in [0.2, 0.25) is 25.7 Å². The summed E-state index contributed by atoms with van der Waals surface area (Å²) < 4.78 is 90.5. The van der Waals surface area contributed by atoms with Gasteiger partial charge in [0.05, 0.1) is 24.9 Å². The molecule has 2 fully saturated rings. The molecule has 3 aromatic rings. The predicted molar refractivity (Wildman–Crippen MR) is 155 cm³/mol. The number of rotatable bonds is 10. The monoisotopic (exact) mass is 646 g/mol. The Balaban J connectivity index is 1.68.